The van der Waals surface area contributed by atoms with Gasteiger partial charge in [0.1, 0.15) is 11.6 Å². The molecular formula is C12H13F2N3S. The molecular weight excluding hydrogens is 256 g/mol. The predicted octanol–water partition coefficient (Wildman–Crippen LogP) is 2.49. The van der Waals surface area contributed by atoms with E-state index in [2.05, 4.69) is 5.10 Å². The lowest BCUT2D eigenvalue weighted by molar-refractivity contribution is 0.563. The number of halogens is 2. The summed E-state index contributed by atoms with van der Waals surface area (Å²) in [4.78, 5) is 0.968. The summed E-state index contributed by atoms with van der Waals surface area (Å²) in [5.41, 5.74) is 6.22. The van der Waals surface area contributed by atoms with E-state index in [1.54, 1.807) is 10.9 Å². The van der Waals surface area contributed by atoms with E-state index in [0.29, 0.717) is 11.3 Å². The van der Waals surface area contributed by atoms with E-state index in [1.165, 1.54) is 23.9 Å². The van der Waals surface area contributed by atoms with Gasteiger partial charge in [0.2, 0.25) is 0 Å². The molecule has 18 heavy (non-hydrogen) atoms. The number of thioether (sulfide) groups is 1. The number of hydrogen-bond acceptors (Lipinski definition) is 3. The van der Waals surface area contributed by atoms with E-state index >= 15 is 0 Å². The monoisotopic (exact) mass is 269 g/mol. The van der Waals surface area contributed by atoms with Crippen LogP contribution < -0.4 is 5.73 Å². The van der Waals surface area contributed by atoms with Crippen LogP contribution in [0, 0.1) is 11.6 Å². The number of benzene rings is 1. The van der Waals surface area contributed by atoms with Crippen LogP contribution in [0.5, 0.6) is 0 Å². The molecule has 0 aliphatic heterocycles. The first-order valence-electron chi connectivity index (χ1n) is 5.38. The second kappa shape index (κ2) is 5.49. The predicted molar refractivity (Wildman–Crippen MR) is 67.2 cm³/mol. The highest BCUT2D eigenvalue weighted by molar-refractivity contribution is 7.99. The molecule has 1 aromatic heterocycles. The second-order valence-corrected chi connectivity index (χ2v) is 5.03. The minimum atomic E-state index is -0.603. The number of aromatic nitrogens is 2. The quantitative estimate of drug-likeness (QED) is 0.867. The molecule has 0 radical (unpaired) electrons. The van der Waals surface area contributed by atoms with E-state index < -0.39 is 17.7 Å². The number of hydrogen-bond donors (Lipinski definition) is 1. The highest BCUT2D eigenvalue weighted by atomic mass is 32.2. The maximum Gasteiger partial charge on any atom is 0.130 e. The van der Waals surface area contributed by atoms with Crippen molar-refractivity contribution < 1.29 is 8.78 Å². The summed E-state index contributed by atoms with van der Waals surface area (Å²) < 4.78 is 27.9. The zero-order valence-electron chi connectivity index (χ0n) is 9.81. The Morgan fingerprint density at radius 1 is 1.44 bits per heavy atom. The summed E-state index contributed by atoms with van der Waals surface area (Å²) in [6.07, 6.45) is 3.58. The van der Waals surface area contributed by atoms with Gasteiger partial charge in [0.05, 0.1) is 6.20 Å². The van der Waals surface area contributed by atoms with Crippen molar-refractivity contribution in [2.75, 3.05) is 5.75 Å². The van der Waals surface area contributed by atoms with Gasteiger partial charge < -0.3 is 5.73 Å². The molecule has 0 spiro atoms. The molecule has 1 atom stereocenters. The largest absolute Gasteiger partial charge is 0.323 e. The normalized spacial score (nSPS) is 12.7. The molecule has 0 aliphatic rings. The van der Waals surface area contributed by atoms with E-state index in [4.69, 9.17) is 5.73 Å². The van der Waals surface area contributed by atoms with Gasteiger partial charge in [0.25, 0.3) is 0 Å². The summed E-state index contributed by atoms with van der Waals surface area (Å²) in [6.45, 7) is 0. The van der Waals surface area contributed by atoms with E-state index in [-0.39, 0.29) is 0 Å². The van der Waals surface area contributed by atoms with Crippen molar-refractivity contribution in [2.24, 2.45) is 12.8 Å². The number of nitrogens with zero attached hydrogens (tertiary/aromatic N) is 2. The van der Waals surface area contributed by atoms with E-state index in [9.17, 15) is 8.78 Å². The highest BCUT2D eigenvalue weighted by Gasteiger charge is 2.13. The molecule has 3 nitrogen and oxygen atoms in total. The summed E-state index contributed by atoms with van der Waals surface area (Å²) in [5, 5.41) is 4.03. The van der Waals surface area contributed by atoms with Gasteiger partial charge in [-0.1, -0.05) is 6.07 Å². The fraction of sp³-hybridized carbons (Fsp3) is 0.250. The summed E-state index contributed by atoms with van der Waals surface area (Å²) in [7, 11) is 1.82. The topological polar surface area (TPSA) is 43.8 Å². The van der Waals surface area contributed by atoms with Crippen molar-refractivity contribution in [3.63, 3.8) is 0 Å². The third kappa shape index (κ3) is 3.08. The standard InChI is InChI=1S/C12H13F2N3S/c1-17-6-9(5-16-17)18-7-12(15)10-3-2-8(13)4-11(10)14/h2-6,12H,7,15H2,1H3. The molecule has 0 aliphatic carbocycles. The van der Waals surface area contributed by atoms with Gasteiger partial charge in [0.15, 0.2) is 0 Å². The van der Waals surface area contributed by atoms with Gasteiger partial charge in [-0.25, -0.2) is 8.78 Å². The average Bonchev–Trinajstić information content (AvgIpc) is 2.72. The molecule has 1 unspecified atom stereocenters. The minimum Gasteiger partial charge on any atom is -0.323 e. The van der Waals surface area contributed by atoms with Crippen LogP contribution in [0.3, 0.4) is 0 Å². The van der Waals surface area contributed by atoms with Gasteiger partial charge in [0, 0.05) is 41.6 Å². The number of rotatable bonds is 4. The minimum absolute atomic E-state index is 0.327. The average molecular weight is 269 g/mol. The molecule has 0 saturated heterocycles. The summed E-state index contributed by atoms with van der Waals surface area (Å²) >= 11 is 1.49. The SMILES string of the molecule is Cn1cc(SCC(N)c2ccc(F)cc2F)cn1. The molecule has 6 heteroatoms. The van der Waals surface area contributed by atoms with Gasteiger partial charge in [-0.2, -0.15) is 5.10 Å². The molecule has 0 amide bonds. The Hall–Kier alpha value is -1.40. The Balaban J connectivity index is 2.01. The number of nitrogens with two attached hydrogens (primary N) is 1. The Morgan fingerprint density at radius 3 is 2.83 bits per heavy atom. The highest BCUT2D eigenvalue weighted by Crippen LogP contribution is 2.24. The lowest BCUT2D eigenvalue weighted by Gasteiger charge is -2.11. The van der Waals surface area contributed by atoms with Crippen LogP contribution in [0.15, 0.2) is 35.5 Å². The van der Waals surface area contributed by atoms with Gasteiger partial charge in [-0.3, -0.25) is 4.68 Å². The lowest BCUT2D eigenvalue weighted by atomic mass is 10.1. The molecule has 0 bridgehead atoms. The lowest BCUT2D eigenvalue weighted by Crippen LogP contribution is -2.14. The van der Waals surface area contributed by atoms with E-state index in [1.807, 2.05) is 13.2 Å². The van der Waals surface area contributed by atoms with Crippen LogP contribution in [0.1, 0.15) is 11.6 Å². The van der Waals surface area contributed by atoms with E-state index in [0.717, 1.165) is 11.0 Å². The van der Waals surface area contributed by atoms with Gasteiger partial charge in [-0.05, 0) is 6.07 Å². The Morgan fingerprint density at radius 2 is 2.22 bits per heavy atom. The van der Waals surface area contributed by atoms with Crippen molar-refractivity contribution in [1.29, 1.82) is 0 Å². The van der Waals surface area contributed by atoms with Crippen molar-refractivity contribution in [1.82, 2.24) is 9.78 Å². The first-order valence-corrected chi connectivity index (χ1v) is 6.37. The molecule has 2 rings (SSSR count). The first-order chi connectivity index (χ1) is 8.56. The molecule has 0 fully saturated rings. The zero-order chi connectivity index (χ0) is 13.1. The fourth-order valence-corrected chi connectivity index (χ4v) is 2.45. The molecule has 2 aromatic rings. The molecule has 1 aromatic carbocycles. The van der Waals surface area contributed by atoms with Gasteiger partial charge >= 0.3 is 0 Å². The van der Waals surface area contributed by atoms with Crippen LogP contribution in [-0.2, 0) is 7.05 Å². The third-order valence-electron chi connectivity index (χ3n) is 2.47. The zero-order valence-corrected chi connectivity index (χ0v) is 10.6. The van der Waals surface area contributed by atoms with Crippen molar-refractivity contribution in [3.05, 3.63) is 47.8 Å². The molecule has 0 saturated carbocycles. The fourth-order valence-electron chi connectivity index (χ4n) is 1.55. The van der Waals surface area contributed by atoms with Crippen molar-refractivity contribution in [2.45, 2.75) is 10.9 Å². The Kier molecular flexibility index (Phi) is 3.98. The molecule has 2 N–H and O–H groups in total. The molecule has 96 valence electrons. The summed E-state index contributed by atoms with van der Waals surface area (Å²) in [5.74, 6) is -0.688. The third-order valence-corrected chi connectivity index (χ3v) is 3.54. The smallest absolute Gasteiger partial charge is 0.130 e. The van der Waals surface area contributed by atoms with Crippen LogP contribution in [0.25, 0.3) is 0 Å². The Bertz CT molecular complexity index is 542. The van der Waals surface area contributed by atoms with Gasteiger partial charge in [-0.15, -0.1) is 11.8 Å². The maximum atomic E-state index is 13.5. The Labute approximate surface area is 108 Å². The van der Waals surface area contributed by atoms with Crippen LogP contribution in [0.2, 0.25) is 0 Å². The van der Waals surface area contributed by atoms with Crippen molar-refractivity contribution >= 4 is 11.8 Å². The van der Waals surface area contributed by atoms with Crippen LogP contribution in [-0.4, -0.2) is 15.5 Å². The summed E-state index contributed by atoms with van der Waals surface area (Å²) in [6, 6.07) is 2.98. The van der Waals surface area contributed by atoms with Crippen LogP contribution in [0.4, 0.5) is 8.78 Å². The first kappa shape index (κ1) is 13.0. The molecule has 1 heterocycles. The maximum absolute atomic E-state index is 13.5. The second-order valence-electron chi connectivity index (χ2n) is 3.93. The van der Waals surface area contributed by atoms with Crippen molar-refractivity contribution in [3.8, 4) is 0 Å². The van der Waals surface area contributed by atoms with Crippen LogP contribution >= 0.6 is 11.8 Å². The number of aryl methyl sites for hydroxylation is 1.